The van der Waals surface area contributed by atoms with Crippen LogP contribution in [0.1, 0.15) is 233 Å². The van der Waals surface area contributed by atoms with E-state index in [4.69, 9.17) is 4.74 Å². The molecule has 346 valence electrons. The number of hydrogen-bond acceptors (Lipinski definition) is 5. The smallest absolute Gasteiger partial charge is 0.306 e. The van der Waals surface area contributed by atoms with E-state index in [-0.39, 0.29) is 24.9 Å². The summed E-state index contributed by atoms with van der Waals surface area (Å²) in [4.78, 5) is 26.1. The lowest BCUT2D eigenvalue weighted by Crippen LogP contribution is -2.46. The van der Waals surface area contributed by atoms with Crippen LogP contribution in [0.15, 0.2) is 72.9 Å². The molecule has 0 aromatic heterocycles. The van der Waals surface area contributed by atoms with Gasteiger partial charge in [0.2, 0.25) is 5.91 Å². The van der Waals surface area contributed by atoms with Crippen molar-refractivity contribution in [1.82, 2.24) is 5.32 Å². The van der Waals surface area contributed by atoms with E-state index >= 15 is 0 Å². The Balaban J connectivity index is 4.67. The quantitative estimate of drug-likeness (QED) is 0.0246. The summed E-state index contributed by atoms with van der Waals surface area (Å²) in [6, 6.07) is -0.721. The van der Waals surface area contributed by atoms with Gasteiger partial charge < -0.3 is 20.3 Å². The van der Waals surface area contributed by atoms with Crippen molar-refractivity contribution in [3.63, 3.8) is 0 Å². The zero-order valence-corrected chi connectivity index (χ0v) is 39.3. The SMILES string of the molecule is CC/C=C/C=C/C=C\C=C/C=C/CCCCCC(=O)OC(CCC/C=C\CCCCCCCCC)CC(=O)NC(CO)C(O)CCCCCCCCCCCCCCCC. The van der Waals surface area contributed by atoms with Crippen LogP contribution in [0.4, 0.5) is 0 Å². The first kappa shape index (κ1) is 57.3. The Kier molecular flexibility index (Phi) is 45.2. The van der Waals surface area contributed by atoms with Gasteiger partial charge in [-0.25, -0.2) is 0 Å². The van der Waals surface area contributed by atoms with E-state index in [2.05, 4.69) is 56.5 Å². The van der Waals surface area contributed by atoms with Gasteiger partial charge in [0.05, 0.1) is 25.2 Å². The number of unbranched alkanes of at least 4 members (excludes halogenated alkanes) is 24. The predicted octanol–water partition coefficient (Wildman–Crippen LogP) is 15.0. The molecule has 0 bridgehead atoms. The van der Waals surface area contributed by atoms with Crippen molar-refractivity contribution in [3.8, 4) is 0 Å². The summed E-state index contributed by atoms with van der Waals surface area (Å²) < 4.78 is 5.89. The molecule has 0 spiro atoms. The minimum Gasteiger partial charge on any atom is -0.462 e. The normalized spacial score (nSPS) is 13.9. The van der Waals surface area contributed by atoms with Crippen molar-refractivity contribution in [2.75, 3.05) is 6.61 Å². The number of amides is 1. The van der Waals surface area contributed by atoms with E-state index in [0.717, 1.165) is 70.6 Å². The first-order valence-corrected chi connectivity index (χ1v) is 25.2. The number of allylic oxidation sites excluding steroid dienone is 12. The average molecular weight is 838 g/mol. The lowest BCUT2D eigenvalue weighted by Gasteiger charge is -2.24. The van der Waals surface area contributed by atoms with E-state index in [1.54, 1.807) is 0 Å². The maximum atomic E-state index is 13.2. The van der Waals surface area contributed by atoms with Crippen molar-refractivity contribution in [2.45, 2.75) is 251 Å². The van der Waals surface area contributed by atoms with Crippen molar-refractivity contribution >= 4 is 11.9 Å². The molecule has 0 aromatic rings. The van der Waals surface area contributed by atoms with Gasteiger partial charge in [-0.3, -0.25) is 9.59 Å². The summed E-state index contributed by atoms with van der Waals surface area (Å²) in [6.45, 7) is 6.31. The number of hydrogen-bond donors (Lipinski definition) is 3. The van der Waals surface area contributed by atoms with Crippen LogP contribution in [0.2, 0.25) is 0 Å². The number of carbonyl (C=O) groups is 2. The Bertz CT molecular complexity index is 1120. The Hall–Kier alpha value is -2.70. The van der Waals surface area contributed by atoms with E-state index in [0.29, 0.717) is 19.3 Å². The third-order valence-corrected chi connectivity index (χ3v) is 11.1. The zero-order chi connectivity index (χ0) is 43.8. The third-order valence-electron chi connectivity index (χ3n) is 11.1. The summed E-state index contributed by atoms with van der Waals surface area (Å²) in [5, 5.41) is 23.7. The third kappa shape index (κ3) is 42.0. The van der Waals surface area contributed by atoms with E-state index < -0.39 is 18.2 Å². The van der Waals surface area contributed by atoms with E-state index in [1.807, 2.05) is 42.5 Å². The molecule has 6 heteroatoms. The largest absolute Gasteiger partial charge is 0.462 e. The highest BCUT2D eigenvalue weighted by atomic mass is 16.5. The molecule has 0 aliphatic heterocycles. The van der Waals surface area contributed by atoms with Gasteiger partial charge in [0.15, 0.2) is 0 Å². The van der Waals surface area contributed by atoms with Crippen LogP contribution < -0.4 is 5.32 Å². The molecular formula is C54H95NO5. The molecule has 0 radical (unpaired) electrons. The van der Waals surface area contributed by atoms with E-state index in [9.17, 15) is 19.8 Å². The van der Waals surface area contributed by atoms with Crippen LogP contribution in [-0.4, -0.2) is 46.9 Å². The highest BCUT2D eigenvalue weighted by molar-refractivity contribution is 5.77. The van der Waals surface area contributed by atoms with Crippen molar-refractivity contribution in [3.05, 3.63) is 72.9 Å². The molecule has 60 heavy (non-hydrogen) atoms. The van der Waals surface area contributed by atoms with Gasteiger partial charge in [0.1, 0.15) is 6.10 Å². The number of nitrogens with one attached hydrogen (secondary N) is 1. The van der Waals surface area contributed by atoms with Crippen LogP contribution in [0.5, 0.6) is 0 Å². The lowest BCUT2D eigenvalue weighted by molar-refractivity contribution is -0.151. The van der Waals surface area contributed by atoms with Crippen LogP contribution >= 0.6 is 0 Å². The van der Waals surface area contributed by atoms with Gasteiger partial charge in [-0.05, 0) is 64.2 Å². The average Bonchev–Trinajstić information content (AvgIpc) is 3.24. The molecule has 0 aliphatic carbocycles. The fraction of sp³-hybridized carbons (Fsp3) is 0.741. The number of esters is 1. The number of carbonyl (C=O) groups excluding carboxylic acids is 2. The molecule has 0 aliphatic rings. The molecular weight excluding hydrogens is 743 g/mol. The molecule has 0 fully saturated rings. The van der Waals surface area contributed by atoms with Gasteiger partial charge in [0, 0.05) is 6.42 Å². The van der Waals surface area contributed by atoms with Crippen molar-refractivity contribution in [2.24, 2.45) is 0 Å². The second kappa shape index (κ2) is 47.4. The summed E-state index contributed by atoms with van der Waals surface area (Å²) in [5.41, 5.74) is 0. The molecule has 1 amide bonds. The number of aliphatic hydroxyl groups excluding tert-OH is 2. The number of rotatable bonds is 44. The molecule has 3 unspecified atom stereocenters. The van der Waals surface area contributed by atoms with Gasteiger partial charge >= 0.3 is 5.97 Å². The predicted molar refractivity (Wildman–Crippen MR) is 259 cm³/mol. The highest BCUT2D eigenvalue weighted by Gasteiger charge is 2.24. The molecule has 0 rings (SSSR count). The summed E-state index contributed by atoms with van der Waals surface area (Å²) in [6.07, 6.45) is 59.6. The second-order valence-corrected chi connectivity index (χ2v) is 17.0. The van der Waals surface area contributed by atoms with Crippen LogP contribution in [-0.2, 0) is 14.3 Å². The Morgan fingerprint density at radius 3 is 1.45 bits per heavy atom. The molecule has 0 saturated heterocycles. The standard InChI is InChI=1S/C54H95NO5/c1-4-7-10-13-16-19-22-25-27-29-32-35-38-41-44-47-54(59)60-50(45-42-39-36-33-30-24-21-18-15-12-9-6-3)48-53(58)55-51(49-56)52(57)46-43-40-37-34-31-28-26-23-20-17-14-11-8-5-2/h7,10,13,16,19,22,25,27,29,32-33,36,50-52,56-57H,4-6,8-9,11-12,14-15,17-18,20-21,23-24,26,28,30-31,34-35,37-49H2,1-3H3,(H,55,58)/b10-7+,16-13+,22-19-,27-25-,32-29+,36-33-. The highest BCUT2D eigenvalue weighted by Crippen LogP contribution is 2.17. The maximum Gasteiger partial charge on any atom is 0.306 e. The fourth-order valence-electron chi connectivity index (χ4n) is 7.33. The molecule has 3 atom stereocenters. The van der Waals surface area contributed by atoms with Crippen molar-refractivity contribution in [1.29, 1.82) is 0 Å². The molecule has 0 saturated carbocycles. The topological polar surface area (TPSA) is 95.9 Å². The fourth-order valence-corrected chi connectivity index (χ4v) is 7.33. The molecule has 0 heterocycles. The van der Waals surface area contributed by atoms with Gasteiger partial charge in [-0.15, -0.1) is 0 Å². The van der Waals surface area contributed by atoms with Gasteiger partial charge in [0.25, 0.3) is 0 Å². The van der Waals surface area contributed by atoms with Crippen molar-refractivity contribution < 1.29 is 24.5 Å². The molecule has 6 nitrogen and oxygen atoms in total. The lowest BCUT2D eigenvalue weighted by atomic mass is 10.0. The number of aliphatic hydroxyl groups is 2. The first-order chi connectivity index (χ1) is 29.5. The Labute approximate surface area is 371 Å². The van der Waals surface area contributed by atoms with Crippen LogP contribution in [0.3, 0.4) is 0 Å². The van der Waals surface area contributed by atoms with Gasteiger partial charge in [-0.1, -0.05) is 229 Å². The first-order valence-electron chi connectivity index (χ1n) is 25.2. The minimum atomic E-state index is -0.804. The van der Waals surface area contributed by atoms with Crippen LogP contribution in [0, 0.1) is 0 Å². The summed E-state index contributed by atoms with van der Waals surface area (Å²) >= 11 is 0. The molecule has 0 aromatic carbocycles. The maximum absolute atomic E-state index is 13.2. The summed E-state index contributed by atoms with van der Waals surface area (Å²) in [5.74, 6) is -0.554. The monoisotopic (exact) mass is 838 g/mol. The second-order valence-electron chi connectivity index (χ2n) is 17.0. The van der Waals surface area contributed by atoms with Crippen LogP contribution in [0.25, 0.3) is 0 Å². The number of ether oxygens (including phenoxy) is 1. The summed E-state index contributed by atoms with van der Waals surface area (Å²) in [7, 11) is 0. The molecule has 3 N–H and O–H groups in total. The Morgan fingerprint density at radius 1 is 0.500 bits per heavy atom. The minimum absolute atomic E-state index is 0.0370. The van der Waals surface area contributed by atoms with E-state index in [1.165, 1.54) is 116 Å². The Morgan fingerprint density at radius 2 is 0.933 bits per heavy atom. The zero-order valence-electron chi connectivity index (χ0n) is 39.3. The van der Waals surface area contributed by atoms with Gasteiger partial charge in [-0.2, -0.15) is 0 Å².